The van der Waals surface area contributed by atoms with Gasteiger partial charge in [0.15, 0.2) is 0 Å². The molecule has 1 aromatic heterocycles. The number of para-hydroxylation sites is 1. The van der Waals surface area contributed by atoms with Crippen molar-refractivity contribution < 1.29 is 19.2 Å². The van der Waals surface area contributed by atoms with Crippen molar-refractivity contribution in [2.24, 2.45) is 0 Å². The van der Waals surface area contributed by atoms with Crippen molar-refractivity contribution in [1.29, 1.82) is 0 Å². The van der Waals surface area contributed by atoms with Gasteiger partial charge in [-0.15, -0.1) is 0 Å². The number of hydrogen-bond donors (Lipinski definition) is 1. The minimum atomic E-state index is -0.506. The monoisotopic (exact) mass is 331 g/mol. The number of carbonyl (C=O) groups excluding carboxylic acids is 1. The van der Waals surface area contributed by atoms with Gasteiger partial charge in [-0.05, 0) is 24.6 Å². The van der Waals surface area contributed by atoms with Gasteiger partial charge in [0.05, 0.1) is 18.6 Å². The van der Waals surface area contributed by atoms with Crippen LogP contribution in [0, 0.1) is 10.1 Å². The third-order valence-electron chi connectivity index (χ3n) is 3.15. The Balaban J connectivity index is 1.73. The van der Waals surface area contributed by atoms with E-state index in [1.807, 2.05) is 0 Å². The fourth-order valence-corrected chi connectivity index (χ4v) is 1.94. The smallest absolute Gasteiger partial charge is 0.341 e. The Labute approximate surface area is 138 Å². The SMILES string of the molecule is COc1ccccc1C(=O)OCCCNc1ccc([N+](=O)[O-])cn1. The molecule has 0 amide bonds. The maximum atomic E-state index is 12.0. The highest BCUT2D eigenvalue weighted by Crippen LogP contribution is 2.18. The number of rotatable bonds is 8. The summed E-state index contributed by atoms with van der Waals surface area (Å²) in [7, 11) is 1.49. The molecule has 0 atom stereocenters. The first-order chi connectivity index (χ1) is 11.6. The number of aromatic nitrogens is 1. The highest BCUT2D eigenvalue weighted by atomic mass is 16.6. The molecular formula is C16H17N3O5. The van der Waals surface area contributed by atoms with Gasteiger partial charge in [-0.3, -0.25) is 10.1 Å². The van der Waals surface area contributed by atoms with E-state index in [1.54, 1.807) is 24.3 Å². The first-order valence-corrected chi connectivity index (χ1v) is 7.26. The summed E-state index contributed by atoms with van der Waals surface area (Å²) in [6.07, 6.45) is 1.75. The van der Waals surface area contributed by atoms with E-state index in [0.717, 1.165) is 0 Å². The van der Waals surface area contributed by atoms with Crippen LogP contribution < -0.4 is 10.1 Å². The van der Waals surface area contributed by atoms with Gasteiger partial charge in [-0.2, -0.15) is 0 Å². The van der Waals surface area contributed by atoms with Gasteiger partial charge in [0.2, 0.25) is 0 Å². The van der Waals surface area contributed by atoms with Gasteiger partial charge in [-0.1, -0.05) is 12.1 Å². The number of nitrogens with zero attached hydrogens (tertiary/aromatic N) is 2. The van der Waals surface area contributed by atoms with Crippen LogP contribution in [0.15, 0.2) is 42.6 Å². The maximum absolute atomic E-state index is 12.0. The van der Waals surface area contributed by atoms with E-state index in [1.165, 1.54) is 25.4 Å². The first-order valence-electron chi connectivity index (χ1n) is 7.26. The number of carbonyl (C=O) groups is 1. The summed E-state index contributed by atoms with van der Waals surface area (Å²) in [6, 6.07) is 9.74. The van der Waals surface area contributed by atoms with E-state index in [4.69, 9.17) is 9.47 Å². The molecule has 0 saturated heterocycles. The molecule has 1 heterocycles. The van der Waals surface area contributed by atoms with Crippen LogP contribution >= 0.6 is 0 Å². The van der Waals surface area contributed by atoms with Gasteiger partial charge >= 0.3 is 5.97 Å². The van der Waals surface area contributed by atoms with Gasteiger partial charge in [0, 0.05) is 12.6 Å². The van der Waals surface area contributed by atoms with E-state index in [9.17, 15) is 14.9 Å². The number of pyridine rings is 1. The minimum Gasteiger partial charge on any atom is -0.496 e. The molecule has 8 nitrogen and oxygen atoms in total. The Kier molecular flexibility index (Phi) is 6.07. The Hall–Kier alpha value is -3.16. The zero-order valence-electron chi connectivity index (χ0n) is 13.1. The number of nitro groups is 1. The Morgan fingerprint density at radius 3 is 2.75 bits per heavy atom. The largest absolute Gasteiger partial charge is 0.496 e. The summed E-state index contributed by atoms with van der Waals surface area (Å²) in [4.78, 5) is 25.9. The van der Waals surface area contributed by atoms with Crippen molar-refractivity contribution >= 4 is 17.5 Å². The van der Waals surface area contributed by atoms with E-state index in [0.29, 0.717) is 30.1 Å². The second-order valence-corrected chi connectivity index (χ2v) is 4.78. The molecule has 24 heavy (non-hydrogen) atoms. The highest BCUT2D eigenvalue weighted by molar-refractivity contribution is 5.92. The number of benzene rings is 1. The number of anilines is 1. The zero-order chi connectivity index (χ0) is 17.4. The van der Waals surface area contributed by atoms with Crippen LogP contribution in [-0.2, 0) is 4.74 Å². The second-order valence-electron chi connectivity index (χ2n) is 4.78. The fraction of sp³-hybridized carbons (Fsp3) is 0.250. The summed E-state index contributed by atoms with van der Waals surface area (Å²) < 4.78 is 10.3. The lowest BCUT2D eigenvalue weighted by Gasteiger charge is -2.09. The number of ether oxygens (including phenoxy) is 2. The molecule has 1 aromatic carbocycles. The predicted molar refractivity (Wildman–Crippen MR) is 87.3 cm³/mol. The van der Waals surface area contributed by atoms with Crippen molar-refractivity contribution in [2.75, 3.05) is 25.6 Å². The average molecular weight is 331 g/mol. The molecule has 0 spiro atoms. The lowest BCUT2D eigenvalue weighted by Crippen LogP contribution is -2.11. The van der Waals surface area contributed by atoms with Crippen LogP contribution in [0.3, 0.4) is 0 Å². The maximum Gasteiger partial charge on any atom is 0.341 e. The van der Waals surface area contributed by atoms with Crippen molar-refractivity contribution in [3.8, 4) is 5.75 Å². The van der Waals surface area contributed by atoms with Crippen LogP contribution in [0.25, 0.3) is 0 Å². The lowest BCUT2D eigenvalue weighted by molar-refractivity contribution is -0.385. The molecule has 2 aromatic rings. The topological polar surface area (TPSA) is 104 Å². The lowest BCUT2D eigenvalue weighted by atomic mass is 10.2. The van der Waals surface area contributed by atoms with Crippen molar-refractivity contribution in [3.05, 3.63) is 58.3 Å². The molecule has 0 aliphatic heterocycles. The molecule has 1 N–H and O–H groups in total. The van der Waals surface area contributed by atoms with Crippen LogP contribution in [0.2, 0.25) is 0 Å². The van der Waals surface area contributed by atoms with Crippen LogP contribution in [0.4, 0.5) is 11.5 Å². The normalized spacial score (nSPS) is 10.0. The Morgan fingerprint density at radius 2 is 2.08 bits per heavy atom. The first kappa shape index (κ1) is 17.2. The standard InChI is InChI=1S/C16H17N3O5/c1-23-14-6-3-2-5-13(14)16(20)24-10-4-9-17-15-8-7-12(11-18-15)19(21)22/h2-3,5-8,11H,4,9-10H2,1H3,(H,17,18). The van der Waals surface area contributed by atoms with Crippen LogP contribution in [-0.4, -0.2) is 36.1 Å². The molecule has 0 bridgehead atoms. The van der Waals surface area contributed by atoms with Gasteiger partial charge in [0.1, 0.15) is 23.3 Å². The molecule has 0 fully saturated rings. The quantitative estimate of drug-likeness (QED) is 0.343. The molecule has 0 unspecified atom stereocenters. The molecular weight excluding hydrogens is 314 g/mol. The van der Waals surface area contributed by atoms with E-state index >= 15 is 0 Å². The number of nitrogens with one attached hydrogen (secondary N) is 1. The second kappa shape index (κ2) is 8.47. The summed E-state index contributed by atoms with van der Waals surface area (Å²) >= 11 is 0. The van der Waals surface area contributed by atoms with Gasteiger partial charge in [0.25, 0.3) is 5.69 Å². The third kappa shape index (κ3) is 4.67. The summed E-state index contributed by atoms with van der Waals surface area (Å²) in [5.41, 5.74) is 0.316. The summed E-state index contributed by atoms with van der Waals surface area (Å²) in [6.45, 7) is 0.751. The van der Waals surface area contributed by atoms with E-state index in [2.05, 4.69) is 10.3 Å². The molecule has 0 aliphatic carbocycles. The summed E-state index contributed by atoms with van der Waals surface area (Å²) in [5.74, 6) is 0.549. The molecule has 126 valence electrons. The van der Waals surface area contributed by atoms with Crippen LogP contribution in [0.5, 0.6) is 5.75 Å². The third-order valence-corrected chi connectivity index (χ3v) is 3.15. The van der Waals surface area contributed by atoms with Crippen molar-refractivity contribution in [3.63, 3.8) is 0 Å². The molecule has 0 saturated carbocycles. The van der Waals surface area contributed by atoms with Crippen molar-refractivity contribution in [2.45, 2.75) is 6.42 Å². The van der Waals surface area contributed by atoms with Crippen molar-refractivity contribution in [1.82, 2.24) is 4.98 Å². The van der Waals surface area contributed by atoms with Crippen LogP contribution in [0.1, 0.15) is 16.8 Å². The van der Waals surface area contributed by atoms with E-state index in [-0.39, 0.29) is 12.3 Å². The zero-order valence-corrected chi connectivity index (χ0v) is 13.1. The van der Waals surface area contributed by atoms with Gasteiger partial charge < -0.3 is 14.8 Å². The predicted octanol–water partition coefficient (Wildman–Crippen LogP) is 2.66. The molecule has 0 aliphatic rings. The average Bonchev–Trinajstić information content (AvgIpc) is 2.61. The highest BCUT2D eigenvalue weighted by Gasteiger charge is 2.12. The fourth-order valence-electron chi connectivity index (χ4n) is 1.94. The summed E-state index contributed by atoms with van der Waals surface area (Å²) in [5, 5.41) is 13.5. The van der Waals surface area contributed by atoms with E-state index < -0.39 is 10.9 Å². The Morgan fingerprint density at radius 1 is 1.29 bits per heavy atom. The molecule has 0 radical (unpaired) electrons. The minimum absolute atomic E-state index is 0.0636. The van der Waals surface area contributed by atoms with Gasteiger partial charge in [-0.25, -0.2) is 9.78 Å². The molecule has 8 heteroatoms. The number of esters is 1. The number of methoxy groups -OCH3 is 1. The Bertz CT molecular complexity index is 703. The molecule has 2 rings (SSSR count). The number of hydrogen-bond acceptors (Lipinski definition) is 7.